The molecule has 4 rings (SSSR count). The summed E-state index contributed by atoms with van der Waals surface area (Å²) in [5.41, 5.74) is 2.47. The van der Waals surface area contributed by atoms with Crippen LogP contribution in [0, 0.1) is 13.8 Å². The molecule has 180 valence electrons. The lowest BCUT2D eigenvalue weighted by Crippen LogP contribution is -2.11. The zero-order valence-corrected chi connectivity index (χ0v) is 19.6. The third-order valence-corrected chi connectivity index (χ3v) is 6.61. The number of carbonyl (C=O) groups is 1. The highest BCUT2D eigenvalue weighted by atomic mass is 32.1. The van der Waals surface area contributed by atoms with Gasteiger partial charge in [-0.05, 0) is 62.4 Å². The fourth-order valence-electron chi connectivity index (χ4n) is 3.70. The van der Waals surface area contributed by atoms with Gasteiger partial charge in [0.05, 0.1) is 22.9 Å². The van der Waals surface area contributed by atoms with E-state index in [0.29, 0.717) is 36.0 Å². The maximum absolute atomic E-state index is 12.8. The van der Waals surface area contributed by atoms with Crippen LogP contribution in [0.4, 0.5) is 13.2 Å². The van der Waals surface area contributed by atoms with Crippen molar-refractivity contribution in [2.45, 2.75) is 45.2 Å². The first-order valence-electron chi connectivity index (χ1n) is 10.9. The van der Waals surface area contributed by atoms with Crippen LogP contribution in [-0.4, -0.2) is 29.3 Å². The van der Waals surface area contributed by atoms with Crippen molar-refractivity contribution in [3.8, 4) is 22.8 Å². The molecule has 1 saturated carbocycles. The third kappa shape index (κ3) is 5.70. The summed E-state index contributed by atoms with van der Waals surface area (Å²) in [6.45, 7) is 3.75. The lowest BCUT2D eigenvalue weighted by molar-refractivity contribution is -0.139. The van der Waals surface area contributed by atoms with Gasteiger partial charge in [0.25, 0.3) is 0 Å². The van der Waals surface area contributed by atoms with Crippen LogP contribution in [0.25, 0.3) is 11.3 Å². The number of hydrogen-bond donors (Lipinski definition) is 1. The Balaban J connectivity index is 1.43. The number of aromatic nitrogens is 1. The Morgan fingerprint density at radius 3 is 2.44 bits per heavy atom. The topological polar surface area (TPSA) is 68.7 Å². The van der Waals surface area contributed by atoms with E-state index in [1.807, 2.05) is 26.0 Å². The number of carboxylic acid groups (broad SMARTS) is 1. The molecule has 0 unspecified atom stereocenters. The number of hydrogen-bond acceptors (Lipinski definition) is 5. The average Bonchev–Trinajstić information content (AvgIpc) is 3.55. The predicted molar refractivity (Wildman–Crippen MR) is 123 cm³/mol. The van der Waals surface area contributed by atoms with Crippen LogP contribution in [0.5, 0.6) is 11.5 Å². The van der Waals surface area contributed by atoms with E-state index in [2.05, 4.69) is 4.98 Å². The molecule has 0 aliphatic heterocycles. The summed E-state index contributed by atoms with van der Waals surface area (Å²) < 4.78 is 50.0. The number of benzene rings is 2. The minimum atomic E-state index is -4.36. The van der Waals surface area contributed by atoms with Crippen molar-refractivity contribution in [2.24, 2.45) is 0 Å². The van der Waals surface area contributed by atoms with E-state index < -0.39 is 24.3 Å². The van der Waals surface area contributed by atoms with E-state index in [9.17, 15) is 18.0 Å². The molecule has 1 heterocycles. The first-order valence-corrected chi connectivity index (χ1v) is 11.7. The second kappa shape index (κ2) is 9.66. The van der Waals surface area contributed by atoms with Gasteiger partial charge in [-0.2, -0.15) is 13.2 Å². The van der Waals surface area contributed by atoms with Gasteiger partial charge in [0, 0.05) is 22.4 Å². The van der Waals surface area contributed by atoms with Gasteiger partial charge in [0.1, 0.15) is 11.5 Å². The van der Waals surface area contributed by atoms with Crippen molar-refractivity contribution in [1.29, 1.82) is 0 Å². The molecule has 34 heavy (non-hydrogen) atoms. The highest BCUT2D eigenvalue weighted by Gasteiger charge is 2.30. The molecule has 0 spiro atoms. The van der Waals surface area contributed by atoms with E-state index in [1.54, 1.807) is 0 Å². The molecule has 0 atom stereocenters. The Bertz CT molecular complexity index is 1180. The molecule has 5 nitrogen and oxygen atoms in total. The van der Waals surface area contributed by atoms with Gasteiger partial charge in [-0.1, -0.05) is 12.1 Å². The first-order chi connectivity index (χ1) is 16.1. The Morgan fingerprint density at radius 2 is 1.82 bits per heavy atom. The summed E-state index contributed by atoms with van der Waals surface area (Å²) in [6, 6.07) is 8.80. The number of aryl methyl sites for hydroxylation is 2. The smallest absolute Gasteiger partial charge is 0.416 e. The van der Waals surface area contributed by atoms with Crippen molar-refractivity contribution < 1.29 is 32.5 Å². The summed E-state index contributed by atoms with van der Waals surface area (Å²) in [6.07, 6.45) is -1.69. The molecule has 0 radical (unpaired) electrons. The SMILES string of the molecule is Cc1cc(OCCc2nc(-c3ccc(C(F)(F)F)cc3)c(C)s2)c(C2CC2)cc1OCC(=O)O. The fraction of sp³-hybridized carbons (Fsp3) is 0.360. The highest BCUT2D eigenvalue weighted by Crippen LogP contribution is 2.46. The van der Waals surface area contributed by atoms with E-state index in [4.69, 9.17) is 14.6 Å². The van der Waals surface area contributed by atoms with E-state index in [0.717, 1.165) is 51.7 Å². The molecular weight excluding hydrogens is 467 g/mol. The number of thiazole rings is 1. The summed E-state index contributed by atoms with van der Waals surface area (Å²) in [5.74, 6) is 0.672. The van der Waals surface area contributed by atoms with Gasteiger partial charge in [0.2, 0.25) is 0 Å². The number of alkyl halides is 3. The van der Waals surface area contributed by atoms with E-state index >= 15 is 0 Å². The number of nitrogens with zero attached hydrogens (tertiary/aromatic N) is 1. The largest absolute Gasteiger partial charge is 0.493 e. The van der Waals surface area contributed by atoms with Gasteiger partial charge in [0.15, 0.2) is 6.61 Å². The van der Waals surface area contributed by atoms with Crippen molar-refractivity contribution >= 4 is 17.3 Å². The van der Waals surface area contributed by atoms with Crippen LogP contribution >= 0.6 is 11.3 Å². The van der Waals surface area contributed by atoms with E-state index in [1.165, 1.54) is 23.5 Å². The molecule has 0 amide bonds. The molecule has 1 N–H and O–H groups in total. The Kier molecular flexibility index (Phi) is 6.84. The Morgan fingerprint density at radius 1 is 1.12 bits per heavy atom. The summed E-state index contributed by atoms with van der Waals surface area (Å²) in [7, 11) is 0. The lowest BCUT2D eigenvalue weighted by Gasteiger charge is -2.15. The molecule has 1 aromatic heterocycles. The number of carboxylic acids is 1. The predicted octanol–water partition coefficient (Wildman–Crippen LogP) is 6.41. The molecular formula is C25H24F3NO4S. The summed E-state index contributed by atoms with van der Waals surface area (Å²) in [4.78, 5) is 16.4. The second-order valence-electron chi connectivity index (χ2n) is 8.30. The van der Waals surface area contributed by atoms with Gasteiger partial charge < -0.3 is 14.6 Å². The highest BCUT2D eigenvalue weighted by molar-refractivity contribution is 7.12. The maximum atomic E-state index is 12.8. The normalized spacial score (nSPS) is 13.7. The Labute approximate surface area is 199 Å². The molecule has 0 saturated heterocycles. The van der Waals surface area contributed by atoms with Crippen LogP contribution in [0.15, 0.2) is 36.4 Å². The molecule has 9 heteroatoms. The monoisotopic (exact) mass is 491 g/mol. The maximum Gasteiger partial charge on any atom is 0.416 e. The Hall–Kier alpha value is -3.07. The van der Waals surface area contributed by atoms with Crippen molar-refractivity contribution in [3.05, 3.63) is 63.0 Å². The van der Waals surface area contributed by atoms with Crippen molar-refractivity contribution in [1.82, 2.24) is 4.98 Å². The second-order valence-corrected chi connectivity index (χ2v) is 9.59. The molecule has 1 fully saturated rings. The minimum Gasteiger partial charge on any atom is -0.493 e. The lowest BCUT2D eigenvalue weighted by atomic mass is 10.1. The minimum absolute atomic E-state index is 0.385. The molecule has 1 aliphatic rings. The van der Waals surface area contributed by atoms with E-state index in [-0.39, 0.29) is 0 Å². The molecule has 3 aromatic rings. The zero-order chi connectivity index (χ0) is 24.5. The number of ether oxygens (including phenoxy) is 2. The molecule has 2 aromatic carbocycles. The first kappa shape index (κ1) is 24.1. The van der Waals surface area contributed by atoms with Crippen LogP contribution in [-0.2, 0) is 17.4 Å². The third-order valence-electron chi connectivity index (χ3n) is 5.58. The summed E-state index contributed by atoms with van der Waals surface area (Å²) >= 11 is 1.50. The van der Waals surface area contributed by atoms with Crippen LogP contribution < -0.4 is 9.47 Å². The number of aliphatic carboxylic acids is 1. The van der Waals surface area contributed by atoms with Crippen molar-refractivity contribution in [3.63, 3.8) is 0 Å². The van der Waals surface area contributed by atoms with Crippen LogP contribution in [0.3, 0.4) is 0 Å². The number of rotatable bonds is 9. The fourth-order valence-corrected chi connectivity index (χ4v) is 4.64. The van der Waals surface area contributed by atoms with Crippen LogP contribution in [0.1, 0.15) is 45.3 Å². The standard InChI is InChI=1S/C25H24F3NO4S/c1-14-11-21(19(16-3-4-16)12-20(14)33-13-23(30)31)32-10-9-22-29-24(15(2)34-22)17-5-7-18(8-6-17)25(26,27)28/h5-8,11-12,16H,3-4,9-10,13H2,1-2H3,(H,30,31). The molecule has 0 bridgehead atoms. The van der Waals surface area contributed by atoms with Gasteiger partial charge in [-0.25, -0.2) is 9.78 Å². The van der Waals surface area contributed by atoms with Gasteiger partial charge >= 0.3 is 12.1 Å². The zero-order valence-electron chi connectivity index (χ0n) is 18.7. The average molecular weight is 492 g/mol. The number of halogens is 3. The van der Waals surface area contributed by atoms with Crippen LogP contribution in [0.2, 0.25) is 0 Å². The van der Waals surface area contributed by atoms with Gasteiger partial charge in [-0.15, -0.1) is 11.3 Å². The van der Waals surface area contributed by atoms with Crippen molar-refractivity contribution in [2.75, 3.05) is 13.2 Å². The quantitative estimate of drug-likeness (QED) is 0.375. The van der Waals surface area contributed by atoms with Gasteiger partial charge in [-0.3, -0.25) is 0 Å². The summed E-state index contributed by atoms with van der Waals surface area (Å²) in [5, 5.41) is 9.72. The molecule has 1 aliphatic carbocycles.